The van der Waals surface area contributed by atoms with E-state index in [4.69, 9.17) is 0 Å². The van der Waals surface area contributed by atoms with Gasteiger partial charge in [-0.05, 0) is 27.4 Å². The predicted octanol–water partition coefficient (Wildman–Crippen LogP) is 1.72. The monoisotopic (exact) mass is 273 g/mol. The standard InChI is InChI=1S/C8H8BrN3OS/c1-12-6(8(9)10-11-12)7(13)5-3-2-4-14-5/h2-4,7,13H,1H3. The maximum atomic E-state index is 10.0. The highest BCUT2D eigenvalue weighted by molar-refractivity contribution is 9.10. The van der Waals surface area contributed by atoms with Crippen molar-refractivity contribution in [1.82, 2.24) is 15.0 Å². The molecule has 1 unspecified atom stereocenters. The van der Waals surface area contributed by atoms with Crippen LogP contribution in [0, 0.1) is 0 Å². The van der Waals surface area contributed by atoms with Gasteiger partial charge in [-0.1, -0.05) is 11.3 Å². The van der Waals surface area contributed by atoms with Crippen LogP contribution in [0.1, 0.15) is 16.7 Å². The minimum atomic E-state index is -0.663. The van der Waals surface area contributed by atoms with E-state index in [-0.39, 0.29) is 0 Å². The van der Waals surface area contributed by atoms with Crippen LogP contribution in [0.4, 0.5) is 0 Å². The van der Waals surface area contributed by atoms with Gasteiger partial charge < -0.3 is 5.11 Å². The molecule has 6 heteroatoms. The minimum absolute atomic E-state index is 0.584. The van der Waals surface area contributed by atoms with Gasteiger partial charge >= 0.3 is 0 Å². The molecule has 0 spiro atoms. The zero-order valence-corrected chi connectivity index (χ0v) is 9.79. The van der Waals surface area contributed by atoms with Crippen molar-refractivity contribution >= 4 is 27.3 Å². The summed E-state index contributed by atoms with van der Waals surface area (Å²) in [4.78, 5) is 0.885. The summed E-state index contributed by atoms with van der Waals surface area (Å²) < 4.78 is 2.15. The Balaban J connectivity index is 2.41. The van der Waals surface area contributed by atoms with Crippen molar-refractivity contribution in [2.24, 2.45) is 7.05 Å². The van der Waals surface area contributed by atoms with Crippen LogP contribution in [-0.2, 0) is 7.05 Å². The van der Waals surface area contributed by atoms with Crippen molar-refractivity contribution in [1.29, 1.82) is 0 Å². The van der Waals surface area contributed by atoms with Gasteiger partial charge in [0.1, 0.15) is 11.8 Å². The van der Waals surface area contributed by atoms with Crippen LogP contribution >= 0.6 is 27.3 Å². The number of nitrogens with zero attached hydrogens (tertiary/aromatic N) is 3. The molecule has 2 aromatic heterocycles. The van der Waals surface area contributed by atoms with Crippen LogP contribution in [0.25, 0.3) is 0 Å². The molecule has 0 aliphatic rings. The molecule has 0 aromatic carbocycles. The number of halogens is 1. The molecule has 0 fully saturated rings. The maximum absolute atomic E-state index is 10.0. The van der Waals surface area contributed by atoms with Crippen molar-refractivity contribution in [3.8, 4) is 0 Å². The number of aliphatic hydroxyl groups is 1. The molecule has 0 amide bonds. The zero-order valence-electron chi connectivity index (χ0n) is 7.38. The Bertz CT molecular complexity index is 406. The fraction of sp³-hybridized carbons (Fsp3) is 0.250. The second-order valence-corrected chi connectivity index (χ2v) is 4.54. The van der Waals surface area contributed by atoms with E-state index in [9.17, 15) is 5.11 Å². The number of thiophene rings is 1. The third-order valence-corrected chi connectivity index (χ3v) is 3.39. The first-order chi connectivity index (χ1) is 6.70. The molecular weight excluding hydrogens is 266 g/mol. The quantitative estimate of drug-likeness (QED) is 0.907. The van der Waals surface area contributed by atoms with Crippen LogP contribution in [0.5, 0.6) is 0 Å². The lowest BCUT2D eigenvalue weighted by Gasteiger charge is -2.08. The van der Waals surface area contributed by atoms with E-state index in [1.165, 1.54) is 11.3 Å². The van der Waals surface area contributed by atoms with Gasteiger partial charge in [-0.3, -0.25) is 0 Å². The normalized spacial score (nSPS) is 13.1. The largest absolute Gasteiger partial charge is 0.381 e. The zero-order chi connectivity index (χ0) is 10.1. The fourth-order valence-corrected chi connectivity index (χ4v) is 2.47. The Hall–Kier alpha value is -0.720. The summed E-state index contributed by atoms with van der Waals surface area (Å²) in [5.41, 5.74) is 0.674. The van der Waals surface area contributed by atoms with Crippen molar-refractivity contribution in [3.05, 3.63) is 32.7 Å². The lowest BCUT2D eigenvalue weighted by atomic mass is 10.2. The average Bonchev–Trinajstić information content (AvgIpc) is 2.75. The Kier molecular flexibility index (Phi) is 2.66. The summed E-state index contributed by atoms with van der Waals surface area (Å²) in [7, 11) is 1.75. The second-order valence-electron chi connectivity index (χ2n) is 2.81. The Morgan fingerprint density at radius 3 is 2.93 bits per heavy atom. The number of aromatic nitrogens is 3. The van der Waals surface area contributed by atoms with Gasteiger partial charge in [-0.25, -0.2) is 4.68 Å². The van der Waals surface area contributed by atoms with Crippen molar-refractivity contribution < 1.29 is 5.11 Å². The van der Waals surface area contributed by atoms with Gasteiger partial charge in [0.15, 0.2) is 4.60 Å². The van der Waals surface area contributed by atoms with Crippen LogP contribution in [-0.4, -0.2) is 20.1 Å². The van der Waals surface area contributed by atoms with Gasteiger partial charge in [-0.2, -0.15) is 0 Å². The maximum Gasteiger partial charge on any atom is 0.154 e. The molecule has 0 saturated heterocycles. The van der Waals surface area contributed by atoms with Crippen LogP contribution in [0.15, 0.2) is 22.1 Å². The van der Waals surface area contributed by atoms with E-state index in [0.29, 0.717) is 10.3 Å². The molecule has 14 heavy (non-hydrogen) atoms. The lowest BCUT2D eigenvalue weighted by Crippen LogP contribution is -2.05. The molecule has 2 heterocycles. The summed E-state index contributed by atoms with van der Waals surface area (Å²) in [5.74, 6) is 0. The van der Waals surface area contributed by atoms with E-state index in [1.807, 2.05) is 17.5 Å². The van der Waals surface area contributed by atoms with E-state index < -0.39 is 6.10 Å². The molecule has 2 rings (SSSR count). The molecule has 2 aromatic rings. The molecular formula is C8H8BrN3OS. The average molecular weight is 274 g/mol. The Morgan fingerprint density at radius 1 is 1.64 bits per heavy atom. The van der Waals surface area contributed by atoms with Crippen LogP contribution < -0.4 is 0 Å². The highest BCUT2D eigenvalue weighted by atomic mass is 79.9. The molecule has 0 bridgehead atoms. The van der Waals surface area contributed by atoms with Crippen molar-refractivity contribution in [3.63, 3.8) is 0 Å². The van der Waals surface area contributed by atoms with E-state index in [2.05, 4.69) is 26.2 Å². The first-order valence-electron chi connectivity index (χ1n) is 3.96. The highest BCUT2D eigenvalue weighted by Gasteiger charge is 2.19. The first kappa shape index (κ1) is 9.82. The molecule has 4 nitrogen and oxygen atoms in total. The summed E-state index contributed by atoms with van der Waals surface area (Å²) >= 11 is 4.76. The number of rotatable bonds is 2. The molecule has 0 saturated carbocycles. The van der Waals surface area contributed by atoms with E-state index >= 15 is 0 Å². The number of hydrogen-bond donors (Lipinski definition) is 1. The predicted molar refractivity (Wildman–Crippen MR) is 57.1 cm³/mol. The molecule has 0 radical (unpaired) electrons. The topological polar surface area (TPSA) is 50.9 Å². The summed E-state index contributed by atoms with van der Waals surface area (Å²) in [6.45, 7) is 0. The minimum Gasteiger partial charge on any atom is -0.381 e. The van der Waals surface area contributed by atoms with Gasteiger partial charge in [0, 0.05) is 11.9 Å². The molecule has 0 aliphatic heterocycles. The van der Waals surface area contributed by atoms with Gasteiger partial charge in [-0.15, -0.1) is 16.4 Å². The van der Waals surface area contributed by atoms with Gasteiger partial charge in [0.25, 0.3) is 0 Å². The lowest BCUT2D eigenvalue weighted by molar-refractivity contribution is 0.212. The summed E-state index contributed by atoms with van der Waals surface area (Å²) in [5, 5.41) is 19.6. The number of aryl methyl sites for hydroxylation is 1. The van der Waals surface area contributed by atoms with E-state index in [1.54, 1.807) is 11.7 Å². The Labute approximate surface area is 93.3 Å². The van der Waals surface area contributed by atoms with Gasteiger partial charge in [0.2, 0.25) is 0 Å². The highest BCUT2D eigenvalue weighted by Crippen LogP contribution is 2.28. The summed E-state index contributed by atoms with van der Waals surface area (Å²) in [6, 6.07) is 3.79. The van der Waals surface area contributed by atoms with Crippen molar-refractivity contribution in [2.75, 3.05) is 0 Å². The number of aliphatic hydroxyl groups excluding tert-OH is 1. The van der Waals surface area contributed by atoms with Crippen molar-refractivity contribution in [2.45, 2.75) is 6.10 Å². The fourth-order valence-electron chi connectivity index (χ4n) is 1.21. The number of hydrogen-bond acceptors (Lipinski definition) is 4. The molecule has 74 valence electrons. The smallest absolute Gasteiger partial charge is 0.154 e. The third-order valence-electron chi connectivity index (χ3n) is 1.90. The first-order valence-corrected chi connectivity index (χ1v) is 5.64. The Morgan fingerprint density at radius 2 is 2.43 bits per heavy atom. The SMILES string of the molecule is Cn1nnc(Br)c1C(O)c1cccs1. The third kappa shape index (κ3) is 1.60. The molecule has 0 aliphatic carbocycles. The van der Waals surface area contributed by atoms with E-state index in [0.717, 1.165) is 4.88 Å². The van der Waals surface area contributed by atoms with Crippen LogP contribution in [0.2, 0.25) is 0 Å². The second kappa shape index (κ2) is 3.80. The van der Waals surface area contributed by atoms with Crippen LogP contribution in [0.3, 0.4) is 0 Å². The summed E-state index contributed by atoms with van der Waals surface area (Å²) in [6.07, 6.45) is -0.663. The van der Waals surface area contributed by atoms with Gasteiger partial charge in [0.05, 0.1) is 0 Å². The molecule has 1 atom stereocenters. The molecule has 1 N–H and O–H groups in total.